The van der Waals surface area contributed by atoms with Gasteiger partial charge in [-0.2, -0.15) is 0 Å². The molecule has 0 aliphatic carbocycles. The van der Waals surface area contributed by atoms with E-state index in [1.165, 1.54) is 5.56 Å². The summed E-state index contributed by atoms with van der Waals surface area (Å²) in [5.41, 5.74) is 4.03. The van der Waals surface area contributed by atoms with E-state index in [1.807, 2.05) is 37.3 Å². The zero-order valence-corrected chi connectivity index (χ0v) is 18.8. The van der Waals surface area contributed by atoms with Gasteiger partial charge in [0.05, 0.1) is 19.4 Å². The van der Waals surface area contributed by atoms with Crippen molar-refractivity contribution in [1.82, 2.24) is 0 Å². The average Bonchev–Trinajstić information content (AvgIpc) is 2.83. The van der Waals surface area contributed by atoms with Crippen molar-refractivity contribution in [3.63, 3.8) is 0 Å². The number of hydrogen-bond acceptors (Lipinski definition) is 5. The quantitative estimate of drug-likeness (QED) is 0.429. The molecule has 0 aliphatic rings. The Kier molecular flexibility index (Phi) is 8.37. The Balaban J connectivity index is 1.60. The highest BCUT2D eigenvalue weighted by molar-refractivity contribution is 5.93. The molecule has 3 aromatic rings. The van der Waals surface area contributed by atoms with Crippen LogP contribution in [0.15, 0.2) is 66.7 Å². The van der Waals surface area contributed by atoms with Crippen molar-refractivity contribution in [3.05, 3.63) is 77.9 Å². The summed E-state index contributed by atoms with van der Waals surface area (Å²) in [5, 5.41) is 6.22. The first-order valence-electron chi connectivity index (χ1n) is 10.8. The lowest BCUT2D eigenvalue weighted by Crippen LogP contribution is -2.20. The highest BCUT2D eigenvalue weighted by Crippen LogP contribution is 2.29. The molecule has 1 amide bonds. The average molecular weight is 435 g/mol. The minimum atomic E-state index is -0.279. The van der Waals surface area contributed by atoms with Crippen LogP contribution in [0.4, 0.5) is 11.4 Å². The number of amides is 1. The zero-order chi connectivity index (χ0) is 22.8. The van der Waals surface area contributed by atoms with E-state index in [2.05, 4.69) is 41.8 Å². The second kappa shape index (κ2) is 11.6. The van der Waals surface area contributed by atoms with Gasteiger partial charge in [0, 0.05) is 12.2 Å². The summed E-state index contributed by atoms with van der Waals surface area (Å²) in [7, 11) is 1.56. The smallest absolute Gasteiger partial charge is 0.262 e. The van der Waals surface area contributed by atoms with Gasteiger partial charge in [-0.3, -0.25) is 4.79 Å². The maximum absolute atomic E-state index is 12.4. The van der Waals surface area contributed by atoms with Gasteiger partial charge in [0.1, 0.15) is 5.75 Å². The Morgan fingerprint density at radius 2 is 1.59 bits per heavy atom. The van der Waals surface area contributed by atoms with Gasteiger partial charge in [-0.1, -0.05) is 37.3 Å². The van der Waals surface area contributed by atoms with E-state index < -0.39 is 0 Å². The van der Waals surface area contributed by atoms with Crippen LogP contribution in [0.2, 0.25) is 0 Å². The lowest BCUT2D eigenvalue weighted by molar-refractivity contribution is -0.118. The summed E-state index contributed by atoms with van der Waals surface area (Å²) in [6, 6.07) is 21.4. The molecule has 2 N–H and O–H groups in total. The maximum Gasteiger partial charge on any atom is 0.262 e. The molecular formula is C26H30N2O4. The zero-order valence-electron chi connectivity index (χ0n) is 18.8. The predicted molar refractivity (Wildman–Crippen MR) is 128 cm³/mol. The molecule has 168 valence electrons. The van der Waals surface area contributed by atoms with Crippen LogP contribution in [-0.2, 0) is 17.8 Å². The lowest BCUT2D eigenvalue weighted by Gasteiger charge is -2.15. The van der Waals surface area contributed by atoms with E-state index in [0.717, 1.165) is 17.7 Å². The van der Waals surface area contributed by atoms with Crippen LogP contribution in [-0.4, -0.2) is 26.2 Å². The number of carbonyl (C=O) groups is 1. The summed E-state index contributed by atoms with van der Waals surface area (Å²) in [5.74, 6) is 1.45. The number of anilines is 2. The van der Waals surface area contributed by atoms with Crippen molar-refractivity contribution < 1.29 is 19.0 Å². The highest BCUT2D eigenvalue weighted by Gasteiger charge is 2.11. The Labute approximate surface area is 189 Å². The number of benzene rings is 3. The van der Waals surface area contributed by atoms with E-state index in [0.29, 0.717) is 36.1 Å². The van der Waals surface area contributed by atoms with Crippen LogP contribution in [0, 0.1) is 0 Å². The van der Waals surface area contributed by atoms with Crippen molar-refractivity contribution in [2.75, 3.05) is 31.0 Å². The Morgan fingerprint density at radius 3 is 2.31 bits per heavy atom. The number of hydrogen-bond donors (Lipinski definition) is 2. The molecule has 0 aromatic heterocycles. The third-order valence-corrected chi connectivity index (χ3v) is 4.91. The number of carbonyl (C=O) groups excluding carboxylic acids is 1. The first-order chi connectivity index (χ1) is 15.6. The number of aryl methyl sites for hydroxylation is 1. The molecule has 0 bridgehead atoms. The van der Waals surface area contributed by atoms with Crippen molar-refractivity contribution in [1.29, 1.82) is 0 Å². The molecule has 0 heterocycles. The predicted octanol–water partition coefficient (Wildman–Crippen LogP) is 5.29. The summed E-state index contributed by atoms with van der Waals surface area (Å²) in [6.45, 7) is 5.07. The topological polar surface area (TPSA) is 68.8 Å². The van der Waals surface area contributed by atoms with Gasteiger partial charge in [-0.05, 0) is 60.9 Å². The van der Waals surface area contributed by atoms with E-state index in [-0.39, 0.29) is 12.5 Å². The molecule has 0 unspecified atom stereocenters. The second-order valence-electron chi connectivity index (χ2n) is 7.16. The number of para-hydroxylation sites is 2. The summed E-state index contributed by atoms with van der Waals surface area (Å²) in [4.78, 5) is 12.4. The first kappa shape index (κ1) is 23.0. The molecule has 0 atom stereocenters. The third-order valence-electron chi connectivity index (χ3n) is 4.91. The second-order valence-corrected chi connectivity index (χ2v) is 7.16. The fourth-order valence-corrected chi connectivity index (χ4v) is 3.19. The van der Waals surface area contributed by atoms with Crippen LogP contribution in [0.3, 0.4) is 0 Å². The summed E-state index contributed by atoms with van der Waals surface area (Å²) >= 11 is 0. The van der Waals surface area contributed by atoms with Crippen molar-refractivity contribution in [3.8, 4) is 17.2 Å². The van der Waals surface area contributed by atoms with E-state index in [9.17, 15) is 4.79 Å². The van der Waals surface area contributed by atoms with Crippen molar-refractivity contribution >= 4 is 17.3 Å². The van der Waals surface area contributed by atoms with Crippen LogP contribution in [0.5, 0.6) is 17.2 Å². The Hall–Kier alpha value is -3.67. The maximum atomic E-state index is 12.4. The van der Waals surface area contributed by atoms with Gasteiger partial charge in [0.15, 0.2) is 18.1 Å². The normalized spacial score (nSPS) is 10.3. The fourth-order valence-electron chi connectivity index (χ4n) is 3.19. The van der Waals surface area contributed by atoms with Crippen LogP contribution in [0.1, 0.15) is 25.0 Å². The van der Waals surface area contributed by atoms with Crippen LogP contribution >= 0.6 is 0 Å². The van der Waals surface area contributed by atoms with Crippen LogP contribution in [0.25, 0.3) is 0 Å². The van der Waals surface area contributed by atoms with Crippen LogP contribution < -0.4 is 24.8 Å². The van der Waals surface area contributed by atoms with E-state index in [1.54, 1.807) is 19.2 Å². The molecule has 0 spiro atoms. The van der Waals surface area contributed by atoms with E-state index in [4.69, 9.17) is 14.2 Å². The summed E-state index contributed by atoms with van der Waals surface area (Å²) < 4.78 is 16.7. The molecular weight excluding hydrogens is 404 g/mol. The van der Waals surface area contributed by atoms with Gasteiger partial charge in [0.2, 0.25) is 0 Å². The number of ether oxygens (including phenoxy) is 3. The standard InChI is InChI=1S/C26H30N2O4/c1-4-19-10-13-21(14-11-19)27-17-20-12-15-24(25(16-20)31-5-2)32-18-26(29)28-22-8-6-7-9-23(22)30-3/h6-16,27H,4-5,17-18H2,1-3H3,(H,28,29). The molecule has 3 aromatic carbocycles. The Morgan fingerprint density at radius 1 is 0.844 bits per heavy atom. The third kappa shape index (κ3) is 6.41. The molecule has 0 saturated carbocycles. The summed E-state index contributed by atoms with van der Waals surface area (Å²) in [6.07, 6.45) is 1.02. The van der Waals surface area contributed by atoms with Gasteiger partial charge >= 0.3 is 0 Å². The van der Waals surface area contributed by atoms with Crippen molar-refractivity contribution in [2.45, 2.75) is 26.8 Å². The monoisotopic (exact) mass is 434 g/mol. The first-order valence-corrected chi connectivity index (χ1v) is 10.8. The van der Waals surface area contributed by atoms with Crippen molar-refractivity contribution in [2.24, 2.45) is 0 Å². The number of rotatable bonds is 11. The SMILES string of the molecule is CCOc1cc(CNc2ccc(CC)cc2)ccc1OCC(=O)Nc1ccccc1OC. The molecule has 6 heteroatoms. The molecule has 6 nitrogen and oxygen atoms in total. The molecule has 32 heavy (non-hydrogen) atoms. The molecule has 0 fully saturated rings. The van der Waals surface area contributed by atoms with E-state index >= 15 is 0 Å². The largest absolute Gasteiger partial charge is 0.495 e. The minimum absolute atomic E-state index is 0.139. The molecule has 3 rings (SSSR count). The van der Waals surface area contributed by atoms with Gasteiger partial charge in [0.25, 0.3) is 5.91 Å². The number of methoxy groups -OCH3 is 1. The molecule has 0 saturated heterocycles. The van der Waals surface area contributed by atoms with Gasteiger partial charge in [-0.15, -0.1) is 0 Å². The number of nitrogens with one attached hydrogen (secondary N) is 2. The lowest BCUT2D eigenvalue weighted by atomic mass is 10.1. The minimum Gasteiger partial charge on any atom is -0.495 e. The fraction of sp³-hybridized carbons (Fsp3) is 0.269. The van der Waals surface area contributed by atoms with Gasteiger partial charge in [-0.25, -0.2) is 0 Å². The van der Waals surface area contributed by atoms with Gasteiger partial charge < -0.3 is 24.8 Å². The highest BCUT2D eigenvalue weighted by atomic mass is 16.5. The molecule has 0 radical (unpaired) electrons. The Bertz CT molecular complexity index is 1020. The molecule has 0 aliphatic heterocycles.